The predicted octanol–water partition coefficient (Wildman–Crippen LogP) is 1.55. The summed E-state index contributed by atoms with van der Waals surface area (Å²) in [4.78, 5) is 24.0. The molecule has 0 aromatic carbocycles. The van der Waals surface area contributed by atoms with Crippen LogP contribution in [0.1, 0.15) is 40.0 Å². The van der Waals surface area contributed by atoms with Crippen LogP contribution >= 0.6 is 0 Å². The third-order valence-corrected chi connectivity index (χ3v) is 5.58. The topological polar surface area (TPSA) is 63.6 Å². The second-order valence-corrected chi connectivity index (χ2v) is 6.28. The summed E-state index contributed by atoms with van der Waals surface area (Å²) in [7, 11) is 1.33. The smallest absolute Gasteiger partial charge is 0.309 e. The van der Waals surface area contributed by atoms with Crippen molar-refractivity contribution in [1.29, 1.82) is 0 Å². The number of esters is 1. The molecule has 0 aromatic heterocycles. The van der Waals surface area contributed by atoms with E-state index in [-0.39, 0.29) is 23.1 Å². The first-order valence-corrected chi connectivity index (χ1v) is 6.58. The number of carbonyl (C=O) groups is 2. The molecule has 4 heteroatoms. The van der Waals surface area contributed by atoms with Gasteiger partial charge in [0.1, 0.15) is 5.78 Å². The van der Waals surface area contributed by atoms with Crippen molar-refractivity contribution < 1.29 is 19.4 Å². The predicted molar refractivity (Wildman–Crippen MR) is 65.7 cm³/mol. The van der Waals surface area contributed by atoms with E-state index in [9.17, 15) is 14.7 Å². The average Bonchev–Trinajstić information content (AvgIpc) is 2.28. The number of fused-ring (bicyclic) bond motifs is 2. The van der Waals surface area contributed by atoms with Gasteiger partial charge in [-0.1, -0.05) is 13.8 Å². The van der Waals surface area contributed by atoms with E-state index in [1.54, 1.807) is 6.92 Å². The molecule has 0 saturated heterocycles. The van der Waals surface area contributed by atoms with Crippen molar-refractivity contribution in [3.05, 3.63) is 0 Å². The molecule has 2 aliphatic rings. The maximum Gasteiger partial charge on any atom is 0.309 e. The lowest BCUT2D eigenvalue weighted by atomic mass is 9.47. The lowest BCUT2D eigenvalue weighted by Gasteiger charge is -2.58. The molecule has 1 N–H and O–H groups in total. The Morgan fingerprint density at radius 1 is 1.44 bits per heavy atom. The zero-order chi connectivity index (χ0) is 13.7. The van der Waals surface area contributed by atoms with Gasteiger partial charge in [-0.3, -0.25) is 9.59 Å². The van der Waals surface area contributed by atoms with E-state index in [4.69, 9.17) is 4.74 Å². The summed E-state index contributed by atoms with van der Waals surface area (Å²) in [6, 6.07) is 0. The lowest BCUT2D eigenvalue weighted by Crippen LogP contribution is -2.65. The SMILES string of the molecule is COC(=O)[C@H]1CC[C@@]2(C)[C@H](C)CC(=O)[C@@H]1[C@]2(C)O. The normalized spacial score (nSPS) is 47.8. The van der Waals surface area contributed by atoms with E-state index in [2.05, 4.69) is 0 Å². The Morgan fingerprint density at radius 3 is 2.61 bits per heavy atom. The zero-order valence-electron chi connectivity index (χ0n) is 11.5. The zero-order valence-corrected chi connectivity index (χ0v) is 11.5. The number of hydrogen-bond donors (Lipinski definition) is 1. The molecule has 0 spiro atoms. The highest BCUT2D eigenvalue weighted by molar-refractivity contribution is 5.89. The van der Waals surface area contributed by atoms with Crippen LogP contribution in [0.3, 0.4) is 0 Å². The highest BCUT2D eigenvalue weighted by Gasteiger charge is 2.63. The van der Waals surface area contributed by atoms with Gasteiger partial charge < -0.3 is 9.84 Å². The van der Waals surface area contributed by atoms with E-state index in [0.29, 0.717) is 12.8 Å². The molecule has 2 fully saturated rings. The first-order chi connectivity index (χ1) is 8.25. The largest absolute Gasteiger partial charge is 0.469 e. The van der Waals surface area contributed by atoms with Crippen LogP contribution in [0.15, 0.2) is 0 Å². The number of hydrogen-bond acceptors (Lipinski definition) is 4. The fourth-order valence-electron chi connectivity index (χ4n) is 3.96. The summed E-state index contributed by atoms with van der Waals surface area (Å²) >= 11 is 0. The average molecular weight is 254 g/mol. The van der Waals surface area contributed by atoms with Crippen LogP contribution in [-0.4, -0.2) is 29.6 Å². The molecule has 0 heterocycles. The molecule has 18 heavy (non-hydrogen) atoms. The molecule has 0 amide bonds. The molecule has 2 rings (SSSR count). The van der Waals surface area contributed by atoms with Crippen molar-refractivity contribution in [3.8, 4) is 0 Å². The molecule has 102 valence electrons. The minimum absolute atomic E-state index is 0.0000694. The molecule has 2 bridgehead atoms. The first kappa shape index (κ1) is 13.5. The molecule has 4 nitrogen and oxygen atoms in total. The van der Waals surface area contributed by atoms with Gasteiger partial charge in [0.15, 0.2) is 0 Å². The van der Waals surface area contributed by atoms with Crippen LogP contribution in [0.25, 0.3) is 0 Å². The molecule has 0 radical (unpaired) electrons. The van der Waals surface area contributed by atoms with Gasteiger partial charge in [0.05, 0.1) is 24.5 Å². The van der Waals surface area contributed by atoms with E-state index in [1.165, 1.54) is 7.11 Å². The summed E-state index contributed by atoms with van der Waals surface area (Å²) in [5.41, 5.74) is -1.42. The molecule has 2 saturated carbocycles. The van der Waals surface area contributed by atoms with Crippen molar-refractivity contribution in [3.63, 3.8) is 0 Å². The van der Waals surface area contributed by atoms with Crippen LogP contribution in [0.2, 0.25) is 0 Å². The molecule has 2 aliphatic carbocycles. The molecular weight excluding hydrogens is 232 g/mol. The van der Waals surface area contributed by atoms with E-state index in [1.807, 2.05) is 13.8 Å². The van der Waals surface area contributed by atoms with E-state index < -0.39 is 17.4 Å². The summed E-state index contributed by atoms with van der Waals surface area (Å²) < 4.78 is 4.78. The van der Waals surface area contributed by atoms with Gasteiger partial charge in [0.2, 0.25) is 0 Å². The quantitative estimate of drug-likeness (QED) is 0.721. The number of aliphatic hydroxyl groups is 1. The monoisotopic (exact) mass is 254 g/mol. The van der Waals surface area contributed by atoms with Crippen molar-refractivity contribution in [1.82, 2.24) is 0 Å². The van der Waals surface area contributed by atoms with Gasteiger partial charge in [-0.15, -0.1) is 0 Å². The van der Waals surface area contributed by atoms with Crippen LogP contribution in [0.5, 0.6) is 0 Å². The molecular formula is C14H22O4. The lowest BCUT2D eigenvalue weighted by molar-refractivity contribution is -0.206. The highest BCUT2D eigenvalue weighted by atomic mass is 16.5. The van der Waals surface area contributed by atoms with Crippen molar-refractivity contribution in [2.45, 2.75) is 45.6 Å². The van der Waals surface area contributed by atoms with E-state index >= 15 is 0 Å². The Balaban J connectivity index is 2.43. The fraction of sp³-hybridized carbons (Fsp3) is 0.857. The summed E-state index contributed by atoms with van der Waals surface area (Å²) in [6.45, 7) is 5.76. The highest BCUT2D eigenvalue weighted by Crippen LogP contribution is 2.58. The Bertz CT molecular complexity index is 387. The maximum atomic E-state index is 12.2. The number of Topliss-reactive ketones (excluding diaryl/α,β-unsaturated/α-hetero) is 1. The van der Waals surface area contributed by atoms with Gasteiger partial charge in [0, 0.05) is 6.42 Å². The number of rotatable bonds is 1. The Labute approximate surface area is 108 Å². The molecule has 0 aromatic rings. The summed E-state index contributed by atoms with van der Waals surface area (Å²) in [5, 5.41) is 10.8. The Kier molecular flexibility index (Phi) is 3.05. The van der Waals surface area contributed by atoms with Gasteiger partial charge in [-0.05, 0) is 31.1 Å². The fourth-order valence-corrected chi connectivity index (χ4v) is 3.96. The third-order valence-electron chi connectivity index (χ3n) is 5.58. The number of carbonyl (C=O) groups excluding carboxylic acids is 2. The number of methoxy groups -OCH3 is 1. The second-order valence-electron chi connectivity index (χ2n) is 6.28. The van der Waals surface area contributed by atoms with Crippen molar-refractivity contribution in [2.75, 3.05) is 7.11 Å². The van der Waals surface area contributed by atoms with Crippen molar-refractivity contribution >= 4 is 11.8 Å². The van der Waals surface area contributed by atoms with E-state index in [0.717, 1.165) is 6.42 Å². The minimum Gasteiger partial charge on any atom is -0.469 e. The summed E-state index contributed by atoms with van der Waals surface area (Å²) in [5.74, 6) is -1.32. The van der Waals surface area contributed by atoms with Crippen LogP contribution in [-0.2, 0) is 14.3 Å². The van der Waals surface area contributed by atoms with Crippen LogP contribution in [0.4, 0.5) is 0 Å². The molecule has 0 aliphatic heterocycles. The standard InChI is InChI=1S/C14H22O4/c1-8-7-10(15)11-9(12(16)18-4)5-6-13(8,2)14(11,3)17/h8-9,11,17H,5-7H2,1-4H3/t8-,9+,11-,13+,14+/m1/s1. The summed E-state index contributed by atoms with van der Waals surface area (Å²) in [6.07, 6.45) is 1.83. The second kappa shape index (κ2) is 4.05. The van der Waals surface area contributed by atoms with Gasteiger partial charge in [-0.2, -0.15) is 0 Å². The number of ether oxygens (including phenoxy) is 1. The third kappa shape index (κ3) is 1.54. The molecule has 0 unspecified atom stereocenters. The van der Waals surface area contributed by atoms with Gasteiger partial charge in [0.25, 0.3) is 0 Å². The van der Waals surface area contributed by atoms with Crippen molar-refractivity contribution in [2.24, 2.45) is 23.2 Å². The Morgan fingerprint density at radius 2 is 2.06 bits per heavy atom. The Hall–Kier alpha value is -0.900. The minimum atomic E-state index is -1.13. The molecule has 5 atom stereocenters. The first-order valence-electron chi connectivity index (χ1n) is 6.58. The van der Waals surface area contributed by atoms with Gasteiger partial charge >= 0.3 is 5.97 Å². The number of ketones is 1. The van der Waals surface area contributed by atoms with Crippen LogP contribution < -0.4 is 0 Å². The van der Waals surface area contributed by atoms with Crippen LogP contribution in [0, 0.1) is 23.2 Å². The maximum absolute atomic E-state index is 12.2. The van der Waals surface area contributed by atoms with Gasteiger partial charge in [-0.25, -0.2) is 0 Å².